The van der Waals surface area contributed by atoms with Gasteiger partial charge in [-0.3, -0.25) is 4.79 Å². The number of ether oxygens (including phenoxy) is 1. The van der Waals surface area contributed by atoms with Gasteiger partial charge in [-0.15, -0.1) is 0 Å². The normalized spacial score (nSPS) is 27.8. The molecule has 1 aliphatic heterocycles. The minimum Gasteiger partial charge on any atom is -0.480 e. The third kappa shape index (κ3) is 2.45. The number of hydrogen-bond donors (Lipinski definition) is 2. The zero-order valence-electron chi connectivity index (χ0n) is 8.71. The van der Waals surface area contributed by atoms with Crippen molar-refractivity contribution in [3.05, 3.63) is 0 Å². The van der Waals surface area contributed by atoms with Crippen LogP contribution in [0.5, 0.6) is 0 Å². The Morgan fingerprint density at radius 1 is 1.53 bits per heavy atom. The molecular weight excluding hydrogens is 202 g/mol. The van der Waals surface area contributed by atoms with E-state index in [0.29, 0.717) is 0 Å². The van der Waals surface area contributed by atoms with E-state index in [2.05, 4.69) is 0 Å². The maximum Gasteiger partial charge on any atom is 0.326 e. The monoisotopic (exact) mass is 217 g/mol. The standard InChI is InChI=1S/C9H15NO5/c1-5(15-2)8(12)10-4-6(11)3-7(10)9(13)14/h5-7,11H,3-4H2,1-2H3,(H,13,14)/t5?,6-,7-/m0/s1. The van der Waals surface area contributed by atoms with Gasteiger partial charge in [-0.2, -0.15) is 0 Å². The molecule has 6 nitrogen and oxygen atoms in total. The molecule has 0 spiro atoms. The number of carboxylic acids is 1. The number of hydrogen-bond acceptors (Lipinski definition) is 4. The molecule has 6 heteroatoms. The van der Waals surface area contributed by atoms with Crippen LogP contribution in [-0.2, 0) is 14.3 Å². The molecule has 1 heterocycles. The molecule has 2 N–H and O–H groups in total. The van der Waals surface area contributed by atoms with Crippen LogP contribution >= 0.6 is 0 Å². The van der Waals surface area contributed by atoms with Crippen molar-refractivity contribution in [2.24, 2.45) is 0 Å². The lowest BCUT2D eigenvalue weighted by Gasteiger charge is -2.23. The van der Waals surface area contributed by atoms with Gasteiger partial charge in [0.25, 0.3) is 5.91 Å². The summed E-state index contributed by atoms with van der Waals surface area (Å²) >= 11 is 0. The maximum absolute atomic E-state index is 11.7. The van der Waals surface area contributed by atoms with Crippen molar-refractivity contribution in [2.45, 2.75) is 31.6 Å². The van der Waals surface area contributed by atoms with Gasteiger partial charge in [-0.1, -0.05) is 0 Å². The SMILES string of the molecule is COC(C)C(=O)N1C[C@@H](O)C[C@H]1C(=O)O. The van der Waals surface area contributed by atoms with Crippen LogP contribution in [0.15, 0.2) is 0 Å². The summed E-state index contributed by atoms with van der Waals surface area (Å²) in [7, 11) is 1.38. The molecule has 1 saturated heterocycles. The van der Waals surface area contributed by atoms with Crippen LogP contribution in [0.3, 0.4) is 0 Å². The van der Waals surface area contributed by atoms with E-state index in [0.717, 1.165) is 4.90 Å². The van der Waals surface area contributed by atoms with Crippen LogP contribution in [0.2, 0.25) is 0 Å². The molecule has 0 radical (unpaired) electrons. The number of aliphatic hydroxyl groups is 1. The van der Waals surface area contributed by atoms with E-state index in [9.17, 15) is 14.7 Å². The fourth-order valence-corrected chi connectivity index (χ4v) is 1.63. The van der Waals surface area contributed by atoms with Crippen molar-refractivity contribution in [1.82, 2.24) is 4.90 Å². The largest absolute Gasteiger partial charge is 0.480 e. The number of amides is 1. The van der Waals surface area contributed by atoms with Crippen molar-refractivity contribution < 1.29 is 24.5 Å². The number of aliphatic hydroxyl groups excluding tert-OH is 1. The van der Waals surface area contributed by atoms with Gasteiger partial charge in [0.2, 0.25) is 0 Å². The zero-order valence-corrected chi connectivity index (χ0v) is 8.71. The molecule has 1 rings (SSSR count). The predicted octanol–water partition coefficient (Wildman–Crippen LogP) is -0.932. The Morgan fingerprint density at radius 2 is 2.13 bits per heavy atom. The van der Waals surface area contributed by atoms with Crippen LogP contribution < -0.4 is 0 Å². The number of β-amino-alcohol motifs (C(OH)–C–C–N with tert-alkyl or cyclic N) is 1. The molecule has 3 atom stereocenters. The summed E-state index contributed by atoms with van der Waals surface area (Å²) in [6, 6.07) is -0.940. The van der Waals surface area contributed by atoms with Gasteiger partial charge in [0.1, 0.15) is 12.1 Å². The summed E-state index contributed by atoms with van der Waals surface area (Å²) in [4.78, 5) is 23.6. The van der Waals surface area contributed by atoms with E-state index in [1.165, 1.54) is 7.11 Å². The second-order valence-electron chi connectivity index (χ2n) is 3.61. The first-order chi connectivity index (χ1) is 6.97. The summed E-state index contributed by atoms with van der Waals surface area (Å²) in [6.45, 7) is 1.61. The quantitative estimate of drug-likeness (QED) is 0.637. The Kier molecular flexibility index (Phi) is 3.65. The van der Waals surface area contributed by atoms with Gasteiger partial charge in [0.05, 0.1) is 6.10 Å². The number of nitrogens with zero attached hydrogens (tertiary/aromatic N) is 1. The number of aliphatic carboxylic acids is 1. The minimum absolute atomic E-state index is 0.0590. The number of methoxy groups -OCH3 is 1. The summed E-state index contributed by atoms with van der Waals surface area (Å²) in [5.74, 6) is -1.50. The molecule has 0 aromatic carbocycles. The Hall–Kier alpha value is -1.14. The molecule has 0 aromatic heterocycles. The second kappa shape index (κ2) is 4.59. The van der Waals surface area contributed by atoms with E-state index in [-0.39, 0.29) is 13.0 Å². The lowest BCUT2D eigenvalue weighted by atomic mass is 10.2. The Balaban J connectivity index is 2.75. The highest BCUT2D eigenvalue weighted by Gasteiger charge is 2.40. The fraction of sp³-hybridized carbons (Fsp3) is 0.778. The van der Waals surface area contributed by atoms with Gasteiger partial charge < -0.3 is 19.8 Å². The first-order valence-corrected chi connectivity index (χ1v) is 4.71. The van der Waals surface area contributed by atoms with Gasteiger partial charge in [-0.25, -0.2) is 4.79 Å². The first-order valence-electron chi connectivity index (χ1n) is 4.71. The van der Waals surface area contributed by atoms with Crippen LogP contribution in [0.25, 0.3) is 0 Å². The number of carbonyl (C=O) groups is 2. The molecule has 86 valence electrons. The lowest BCUT2D eigenvalue weighted by Crippen LogP contribution is -2.45. The zero-order chi connectivity index (χ0) is 11.6. The van der Waals surface area contributed by atoms with Crippen LogP contribution in [0.1, 0.15) is 13.3 Å². The highest BCUT2D eigenvalue weighted by atomic mass is 16.5. The Morgan fingerprint density at radius 3 is 2.60 bits per heavy atom. The van der Waals surface area contributed by atoms with E-state index in [1.54, 1.807) is 6.92 Å². The maximum atomic E-state index is 11.7. The molecule has 0 saturated carbocycles. The Labute approximate surface area is 87.4 Å². The van der Waals surface area contributed by atoms with Crippen molar-refractivity contribution >= 4 is 11.9 Å². The highest BCUT2D eigenvalue weighted by Crippen LogP contribution is 2.19. The van der Waals surface area contributed by atoms with Crippen molar-refractivity contribution in [3.8, 4) is 0 Å². The molecule has 1 fully saturated rings. The smallest absolute Gasteiger partial charge is 0.326 e. The molecular formula is C9H15NO5. The van der Waals surface area contributed by atoms with Crippen LogP contribution in [0.4, 0.5) is 0 Å². The predicted molar refractivity (Wildman–Crippen MR) is 50.2 cm³/mol. The average Bonchev–Trinajstić information content (AvgIpc) is 2.58. The van der Waals surface area contributed by atoms with E-state index < -0.39 is 30.1 Å². The molecule has 1 aliphatic rings. The highest BCUT2D eigenvalue weighted by molar-refractivity contribution is 5.86. The molecule has 1 unspecified atom stereocenters. The third-order valence-corrected chi connectivity index (χ3v) is 2.55. The van der Waals surface area contributed by atoms with Gasteiger partial charge in [0.15, 0.2) is 0 Å². The van der Waals surface area contributed by atoms with E-state index in [4.69, 9.17) is 9.84 Å². The number of rotatable bonds is 3. The lowest BCUT2D eigenvalue weighted by molar-refractivity contribution is -0.152. The fourth-order valence-electron chi connectivity index (χ4n) is 1.63. The Bertz CT molecular complexity index is 267. The van der Waals surface area contributed by atoms with Crippen molar-refractivity contribution in [3.63, 3.8) is 0 Å². The average molecular weight is 217 g/mol. The summed E-state index contributed by atoms with van der Waals surface area (Å²) in [5, 5.41) is 18.2. The van der Waals surface area contributed by atoms with Gasteiger partial charge in [0, 0.05) is 20.1 Å². The number of carboxylic acid groups (broad SMARTS) is 1. The summed E-state index contributed by atoms with van der Waals surface area (Å²) < 4.78 is 4.82. The molecule has 0 aromatic rings. The van der Waals surface area contributed by atoms with Crippen molar-refractivity contribution in [1.29, 1.82) is 0 Å². The van der Waals surface area contributed by atoms with Crippen molar-refractivity contribution in [2.75, 3.05) is 13.7 Å². The molecule has 0 bridgehead atoms. The van der Waals surface area contributed by atoms with Crippen LogP contribution in [0, 0.1) is 0 Å². The first kappa shape index (κ1) is 11.9. The molecule has 1 amide bonds. The minimum atomic E-state index is -1.09. The van der Waals surface area contributed by atoms with E-state index >= 15 is 0 Å². The molecule has 0 aliphatic carbocycles. The van der Waals surface area contributed by atoms with Gasteiger partial charge in [-0.05, 0) is 6.92 Å². The topological polar surface area (TPSA) is 87.1 Å². The second-order valence-corrected chi connectivity index (χ2v) is 3.61. The third-order valence-electron chi connectivity index (χ3n) is 2.55. The van der Waals surface area contributed by atoms with Gasteiger partial charge >= 0.3 is 5.97 Å². The molecule has 15 heavy (non-hydrogen) atoms. The summed E-state index contributed by atoms with van der Waals surface area (Å²) in [6.07, 6.45) is -1.37. The van der Waals surface area contributed by atoms with E-state index in [1.807, 2.05) is 0 Å². The summed E-state index contributed by atoms with van der Waals surface area (Å²) in [5.41, 5.74) is 0. The number of likely N-dealkylation sites (tertiary alicyclic amines) is 1. The number of carbonyl (C=O) groups excluding carboxylic acids is 1. The van der Waals surface area contributed by atoms with Crippen LogP contribution in [-0.4, -0.2) is 58.9 Å².